The molecule has 5 nitrogen and oxygen atoms in total. The average molecular weight is 340 g/mol. The molecular weight excluding hydrogens is 327 g/mol. The second-order valence-corrected chi connectivity index (χ2v) is 6.18. The van der Waals surface area contributed by atoms with Crippen LogP contribution in [0.25, 0.3) is 22.1 Å². The molecule has 0 fully saturated rings. The number of nitrogens with one attached hydrogen (secondary N) is 1. The Hall–Kier alpha value is -2.67. The van der Waals surface area contributed by atoms with Crippen LogP contribution in [-0.4, -0.2) is 32.5 Å². The minimum atomic E-state index is -0.275. The maximum Gasteiger partial charge on any atom is 0.211 e. The van der Waals surface area contributed by atoms with Gasteiger partial charge in [0.25, 0.3) is 0 Å². The first-order valence-corrected chi connectivity index (χ1v) is 8.40. The normalized spacial score (nSPS) is 11.2. The summed E-state index contributed by atoms with van der Waals surface area (Å²) in [7, 11) is 0. The highest BCUT2D eigenvalue weighted by molar-refractivity contribution is 7.99. The lowest BCUT2D eigenvalue weighted by molar-refractivity contribution is 0.343. The molecule has 24 heavy (non-hydrogen) atoms. The van der Waals surface area contributed by atoms with Crippen molar-refractivity contribution in [1.29, 1.82) is 0 Å². The Morgan fingerprint density at radius 2 is 1.88 bits per heavy atom. The van der Waals surface area contributed by atoms with Crippen LogP contribution < -0.4 is 4.74 Å². The van der Waals surface area contributed by atoms with E-state index in [1.807, 2.05) is 24.3 Å². The van der Waals surface area contributed by atoms with Gasteiger partial charge in [0.1, 0.15) is 17.1 Å². The number of rotatable bonds is 5. The van der Waals surface area contributed by atoms with Crippen molar-refractivity contribution in [3.8, 4) is 5.75 Å². The number of nitrogens with zero attached hydrogens (tertiary/aromatic N) is 3. The molecule has 0 aliphatic rings. The maximum atomic E-state index is 12.8. The van der Waals surface area contributed by atoms with Gasteiger partial charge in [0.05, 0.1) is 6.61 Å². The molecule has 2 heterocycles. The maximum absolute atomic E-state index is 12.8. The van der Waals surface area contributed by atoms with Gasteiger partial charge in [0.2, 0.25) is 5.16 Å². The Balaban J connectivity index is 1.41. The van der Waals surface area contributed by atoms with E-state index in [2.05, 4.69) is 20.2 Å². The summed E-state index contributed by atoms with van der Waals surface area (Å²) in [4.78, 5) is 7.74. The molecule has 0 unspecified atom stereocenters. The molecule has 4 rings (SSSR count). The van der Waals surface area contributed by atoms with Crippen LogP contribution in [0.1, 0.15) is 0 Å². The van der Waals surface area contributed by atoms with E-state index in [9.17, 15) is 4.39 Å². The minimum absolute atomic E-state index is 0.275. The zero-order valence-corrected chi connectivity index (χ0v) is 13.4. The molecule has 2 aromatic heterocycles. The number of fused-ring (bicyclic) bond motifs is 3. The summed E-state index contributed by atoms with van der Waals surface area (Å²) in [5, 5.41) is 10.0. The largest absolute Gasteiger partial charge is 0.493 e. The van der Waals surface area contributed by atoms with Crippen LogP contribution in [0.5, 0.6) is 5.75 Å². The van der Waals surface area contributed by atoms with Crippen molar-refractivity contribution in [2.75, 3.05) is 12.4 Å². The van der Waals surface area contributed by atoms with Crippen LogP contribution in [0.3, 0.4) is 0 Å². The van der Waals surface area contributed by atoms with Gasteiger partial charge in [0.15, 0.2) is 5.65 Å². The first kappa shape index (κ1) is 14.9. The lowest BCUT2D eigenvalue weighted by Gasteiger charge is -2.04. The summed E-state index contributed by atoms with van der Waals surface area (Å²) in [6.07, 6.45) is 0. The molecule has 0 amide bonds. The van der Waals surface area contributed by atoms with Gasteiger partial charge in [-0.15, -0.1) is 10.2 Å². The summed E-state index contributed by atoms with van der Waals surface area (Å²) in [6.45, 7) is 0.477. The van der Waals surface area contributed by atoms with E-state index in [1.54, 1.807) is 12.1 Å². The Morgan fingerprint density at radius 1 is 1.04 bits per heavy atom. The van der Waals surface area contributed by atoms with Gasteiger partial charge in [0, 0.05) is 16.7 Å². The van der Waals surface area contributed by atoms with E-state index in [1.165, 1.54) is 23.9 Å². The SMILES string of the molecule is Fc1ccc(OCCSc2nnc3c(n2)[nH]c2ccccc23)cc1. The Morgan fingerprint density at radius 3 is 2.75 bits per heavy atom. The third kappa shape index (κ3) is 3.03. The van der Waals surface area contributed by atoms with Crippen molar-refractivity contribution < 1.29 is 9.13 Å². The number of para-hydroxylation sites is 1. The van der Waals surface area contributed by atoms with Crippen molar-refractivity contribution in [2.45, 2.75) is 5.16 Å². The molecule has 2 aromatic carbocycles. The molecule has 120 valence electrons. The van der Waals surface area contributed by atoms with Gasteiger partial charge in [-0.05, 0) is 30.3 Å². The Kier molecular flexibility index (Phi) is 4.00. The number of H-pyrrole nitrogens is 1. The van der Waals surface area contributed by atoms with Crippen LogP contribution in [0.2, 0.25) is 0 Å². The number of benzene rings is 2. The highest BCUT2D eigenvalue weighted by Gasteiger charge is 2.08. The highest BCUT2D eigenvalue weighted by atomic mass is 32.2. The molecule has 0 radical (unpaired) electrons. The lowest BCUT2D eigenvalue weighted by Crippen LogP contribution is -2.01. The zero-order valence-electron chi connectivity index (χ0n) is 12.6. The molecule has 0 aliphatic heterocycles. The number of hydrogen-bond acceptors (Lipinski definition) is 5. The van der Waals surface area contributed by atoms with Crippen molar-refractivity contribution in [2.24, 2.45) is 0 Å². The molecule has 1 N–H and O–H groups in total. The first-order valence-electron chi connectivity index (χ1n) is 7.42. The predicted molar refractivity (Wildman–Crippen MR) is 91.8 cm³/mol. The molecule has 0 saturated heterocycles. The van der Waals surface area contributed by atoms with E-state index in [-0.39, 0.29) is 5.82 Å². The number of aromatic amines is 1. The quantitative estimate of drug-likeness (QED) is 0.442. The summed E-state index contributed by atoms with van der Waals surface area (Å²) < 4.78 is 18.4. The predicted octanol–water partition coefficient (Wildman–Crippen LogP) is 3.82. The molecule has 0 aliphatic carbocycles. The van der Waals surface area contributed by atoms with Crippen molar-refractivity contribution in [1.82, 2.24) is 20.2 Å². The highest BCUT2D eigenvalue weighted by Crippen LogP contribution is 2.23. The number of ether oxygens (including phenoxy) is 1. The van der Waals surface area contributed by atoms with E-state index in [0.29, 0.717) is 23.3 Å². The van der Waals surface area contributed by atoms with E-state index >= 15 is 0 Å². The molecule has 7 heteroatoms. The number of halogens is 1. The molecule has 0 atom stereocenters. The standard InChI is InChI=1S/C17H13FN4OS/c18-11-5-7-12(8-6-11)23-9-10-24-17-20-16-15(21-22-17)13-3-1-2-4-14(13)19-16/h1-8H,9-10H2,(H,19,20,22). The molecule has 4 aromatic rings. The summed E-state index contributed by atoms with van der Waals surface area (Å²) in [5.74, 6) is 1.04. The fourth-order valence-corrected chi connectivity index (χ4v) is 2.99. The van der Waals surface area contributed by atoms with Crippen LogP contribution in [0, 0.1) is 5.82 Å². The third-order valence-corrected chi connectivity index (χ3v) is 4.30. The minimum Gasteiger partial charge on any atom is -0.493 e. The molecular formula is C17H13FN4OS. The second kappa shape index (κ2) is 6.45. The van der Waals surface area contributed by atoms with Crippen molar-refractivity contribution >= 4 is 33.8 Å². The topological polar surface area (TPSA) is 63.7 Å². The third-order valence-electron chi connectivity index (χ3n) is 3.50. The molecule has 0 saturated carbocycles. The first-order chi connectivity index (χ1) is 11.8. The van der Waals surface area contributed by atoms with Crippen LogP contribution in [0.4, 0.5) is 4.39 Å². The van der Waals surface area contributed by atoms with E-state index in [0.717, 1.165) is 22.1 Å². The van der Waals surface area contributed by atoms with Crippen LogP contribution >= 0.6 is 11.8 Å². The number of aromatic nitrogens is 4. The van der Waals surface area contributed by atoms with Crippen LogP contribution in [-0.2, 0) is 0 Å². The summed E-state index contributed by atoms with van der Waals surface area (Å²) >= 11 is 1.46. The van der Waals surface area contributed by atoms with Gasteiger partial charge < -0.3 is 9.72 Å². The monoisotopic (exact) mass is 340 g/mol. The zero-order chi connectivity index (χ0) is 16.4. The smallest absolute Gasteiger partial charge is 0.211 e. The number of hydrogen-bond donors (Lipinski definition) is 1. The van der Waals surface area contributed by atoms with E-state index in [4.69, 9.17) is 4.74 Å². The lowest BCUT2D eigenvalue weighted by atomic mass is 10.2. The molecule has 0 bridgehead atoms. The average Bonchev–Trinajstić information content (AvgIpc) is 2.98. The van der Waals surface area contributed by atoms with E-state index < -0.39 is 0 Å². The van der Waals surface area contributed by atoms with Gasteiger partial charge in [-0.2, -0.15) is 0 Å². The van der Waals surface area contributed by atoms with Crippen molar-refractivity contribution in [3.05, 3.63) is 54.3 Å². The summed E-state index contributed by atoms with van der Waals surface area (Å²) in [6, 6.07) is 13.9. The van der Waals surface area contributed by atoms with Crippen LogP contribution in [0.15, 0.2) is 53.7 Å². The Bertz CT molecular complexity index is 987. The second-order valence-electron chi connectivity index (χ2n) is 5.11. The van der Waals surface area contributed by atoms with Gasteiger partial charge in [-0.25, -0.2) is 9.37 Å². The fraction of sp³-hybridized carbons (Fsp3) is 0.118. The molecule has 0 spiro atoms. The number of thioether (sulfide) groups is 1. The summed E-state index contributed by atoms with van der Waals surface area (Å²) in [5.41, 5.74) is 2.50. The Labute approximate surface area is 141 Å². The van der Waals surface area contributed by atoms with Gasteiger partial charge >= 0.3 is 0 Å². The van der Waals surface area contributed by atoms with Gasteiger partial charge in [-0.3, -0.25) is 0 Å². The fourth-order valence-electron chi connectivity index (χ4n) is 2.39. The van der Waals surface area contributed by atoms with Crippen molar-refractivity contribution in [3.63, 3.8) is 0 Å². The van der Waals surface area contributed by atoms with Gasteiger partial charge in [-0.1, -0.05) is 30.0 Å².